The summed E-state index contributed by atoms with van der Waals surface area (Å²) in [6.07, 6.45) is -3.17. The van der Waals surface area contributed by atoms with Crippen molar-refractivity contribution in [1.29, 1.82) is 0 Å². The minimum Gasteiger partial charge on any atom is -0.375 e. The van der Waals surface area contributed by atoms with Crippen LogP contribution >= 0.6 is 0 Å². The number of aryl methyl sites for hydroxylation is 1. The van der Waals surface area contributed by atoms with E-state index < -0.39 is 23.3 Å². The second-order valence-corrected chi connectivity index (χ2v) is 7.02. The van der Waals surface area contributed by atoms with Gasteiger partial charge in [-0.25, -0.2) is 4.68 Å². The molecule has 0 aliphatic heterocycles. The summed E-state index contributed by atoms with van der Waals surface area (Å²) in [5, 5.41) is 6.40. The van der Waals surface area contributed by atoms with Gasteiger partial charge in [0.05, 0.1) is 17.4 Å². The SMILES string of the molecule is Cc1ccc(-n2ncc(C(=O)NCCCN(C)c3ccccc3)c2C(F)(F)F)cc1. The van der Waals surface area contributed by atoms with Gasteiger partial charge in [-0.15, -0.1) is 0 Å². The molecule has 1 amide bonds. The van der Waals surface area contributed by atoms with E-state index in [4.69, 9.17) is 0 Å². The topological polar surface area (TPSA) is 50.2 Å². The summed E-state index contributed by atoms with van der Waals surface area (Å²) in [7, 11) is 1.92. The fraction of sp³-hybridized carbons (Fsp3) is 0.273. The Morgan fingerprint density at radius 3 is 2.40 bits per heavy atom. The molecule has 0 aliphatic rings. The Balaban J connectivity index is 1.67. The van der Waals surface area contributed by atoms with Crippen molar-refractivity contribution in [3.05, 3.63) is 77.6 Å². The first kappa shape index (κ1) is 21.4. The molecular weight excluding hydrogens is 393 g/mol. The first-order chi connectivity index (χ1) is 14.3. The molecule has 158 valence electrons. The molecule has 0 bridgehead atoms. The molecule has 2 aromatic carbocycles. The second kappa shape index (κ2) is 9.02. The third-order valence-electron chi connectivity index (χ3n) is 4.71. The number of nitrogens with one attached hydrogen (secondary N) is 1. The molecule has 0 fully saturated rings. The average molecular weight is 416 g/mol. The van der Waals surface area contributed by atoms with Crippen molar-refractivity contribution >= 4 is 11.6 Å². The molecule has 3 aromatic rings. The number of halogens is 3. The quantitative estimate of drug-likeness (QED) is 0.579. The Hall–Kier alpha value is -3.29. The lowest BCUT2D eigenvalue weighted by molar-refractivity contribution is -0.143. The van der Waals surface area contributed by atoms with Gasteiger partial charge in [-0.2, -0.15) is 18.3 Å². The number of carbonyl (C=O) groups is 1. The summed E-state index contributed by atoms with van der Waals surface area (Å²) in [6, 6.07) is 16.2. The third-order valence-corrected chi connectivity index (χ3v) is 4.71. The highest BCUT2D eigenvalue weighted by molar-refractivity contribution is 5.95. The number of anilines is 1. The molecule has 1 N–H and O–H groups in total. The van der Waals surface area contributed by atoms with E-state index in [1.165, 1.54) is 0 Å². The number of benzene rings is 2. The smallest absolute Gasteiger partial charge is 0.375 e. The number of carbonyl (C=O) groups excluding carboxylic acids is 1. The molecule has 1 aromatic heterocycles. The van der Waals surface area contributed by atoms with Crippen LogP contribution in [0.5, 0.6) is 0 Å². The number of amides is 1. The fourth-order valence-corrected chi connectivity index (χ4v) is 3.09. The summed E-state index contributed by atoms with van der Waals surface area (Å²) in [4.78, 5) is 14.5. The highest BCUT2D eigenvalue weighted by atomic mass is 19.4. The monoisotopic (exact) mass is 416 g/mol. The number of para-hydroxylation sites is 1. The van der Waals surface area contributed by atoms with Crippen molar-refractivity contribution < 1.29 is 18.0 Å². The lowest BCUT2D eigenvalue weighted by Gasteiger charge is -2.19. The van der Waals surface area contributed by atoms with Gasteiger partial charge in [0.1, 0.15) is 0 Å². The van der Waals surface area contributed by atoms with Gasteiger partial charge in [0.25, 0.3) is 5.91 Å². The first-order valence-corrected chi connectivity index (χ1v) is 9.54. The summed E-state index contributed by atoms with van der Waals surface area (Å²) in [5.74, 6) is -0.789. The average Bonchev–Trinajstić information content (AvgIpc) is 3.18. The largest absolute Gasteiger partial charge is 0.434 e. The van der Waals surface area contributed by atoms with E-state index in [1.807, 2.05) is 49.2 Å². The van der Waals surface area contributed by atoms with E-state index in [-0.39, 0.29) is 12.2 Å². The van der Waals surface area contributed by atoms with Crippen LogP contribution in [0.3, 0.4) is 0 Å². The lowest BCUT2D eigenvalue weighted by Crippen LogP contribution is -2.29. The van der Waals surface area contributed by atoms with Crippen molar-refractivity contribution in [2.24, 2.45) is 0 Å². The van der Waals surface area contributed by atoms with Crippen LogP contribution in [0.15, 0.2) is 60.8 Å². The van der Waals surface area contributed by atoms with Gasteiger partial charge in [0.15, 0.2) is 5.69 Å². The van der Waals surface area contributed by atoms with Crippen LogP contribution in [0.1, 0.15) is 28.0 Å². The molecule has 0 aliphatic carbocycles. The standard InChI is InChI=1S/C22H23F3N4O/c1-16-9-11-18(12-10-16)29-20(22(23,24)25)19(15-27-29)21(30)26-13-6-14-28(2)17-7-4-3-5-8-17/h3-5,7-12,15H,6,13-14H2,1-2H3,(H,26,30). The van der Waals surface area contributed by atoms with Crippen molar-refractivity contribution in [3.63, 3.8) is 0 Å². The Morgan fingerprint density at radius 1 is 1.10 bits per heavy atom. The zero-order chi connectivity index (χ0) is 21.7. The number of nitrogens with zero attached hydrogens (tertiary/aromatic N) is 3. The fourth-order valence-electron chi connectivity index (χ4n) is 3.09. The minimum absolute atomic E-state index is 0.247. The Kier molecular flexibility index (Phi) is 6.44. The van der Waals surface area contributed by atoms with Gasteiger partial charge in [-0.1, -0.05) is 35.9 Å². The molecule has 0 saturated carbocycles. The molecule has 3 rings (SSSR count). The van der Waals surface area contributed by atoms with Crippen LogP contribution in [-0.2, 0) is 6.18 Å². The van der Waals surface area contributed by atoms with Gasteiger partial charge < -0.3 is 10.2 Å². The van der Waals surface area contributed by atoms with E-state index in [9.17, 15) is 18.0 Å². The normalized spacial score (nSPS) is 11.4. The number of hydrogen-bond acceptors (Lipinski definition) is 3. The number of aromatic nitrogens is 2. The van der Waals surface area contributed by atoms with E-state index >= 15 is 0 Å². The van der Waals surface area contributed by atoms with Crippen LogP contribution in [-0.4, -0.2) is 35.8 Å². The van der Waals surface area contributed by atoms with Crippen molar-refractivity contribution in [3.8, 4) is 5.69 Å². The van der Waals surface area contributed by atoms with Crippen molar-refractivity contribution in [2.45, 2.75) is 19.5 Å². The van der Waals surface area contributed by atoms with Crippen LogP contribution in [0.2, 0.25) is 0 Å². The summed E-state index contributed by atoms with van der Waals surface area (Å²) in [5.41, 5.74) is 0.627. The van der Waals surface area contributed by atoms with Gasteiger partial charge in [-0.3, -0.25) is 4.79 Å². The first-order valence-electron chi connectivity index (χ1n) is 9.54. The lowest BCUT2D eigenvalue weighted by atomic mass is 10.2. The van der Waals surface area contributed by atoms with Crippen LogP contribution in [0.25, 0.3) is 5.69 Å². The zero-order valence-electron chi connectivity index (χ0n) is 16.8. The molecule has 0 spiro atoms. The highest BCUT2D eigenvalue weighted by Gasteiger charge is 2.40. The molecule has 1 heterocycles. The summed E-state index contributed by atoms with van der Waals surface area (Å²) < 4.78 is 41.9. The Labute approximate surface area is 173 Å². The van der Waals surface area contributed by atoms with Gasteiger partial charge in [-0.05, 0) is 37.6 Å². The van der Waals surface area contributed by atoms with Crippen LogP contribution in [0, 0.1) is 6.92 Å². The number of hydrogen-bond donors (Lipinski definition) is 1. The molecule has 8 heteroatoms. The predicted molar refractivity (Wildman–Crippen MR) is 110 cm³/mol. The molecule has 30 heavy (non-hydrogen) atoms. The third kappa shape index (κ3) is 5.00. The molecular formula is C22H23F3N4O. The van der Waals surface area contributed by atoms with E-state index in [1.54, 1.807) is 24.3 Å². The molecule has 0 saturated heterocycles. The summed E-state index contributed by atoms with van der Waals surface area (Å²) >= 11 is 0. The van der Waals surface area contributed by atoms with E-state index in [0.29, 0.717) is 13.0 Å². The summed E-state index contributed by atoms with van der Waals surface area (Å²) in [6.45, 7) is 2.74. The Bertz CT molecular complexity index is 982. The van der Waals surface area contributed by atoms with Crippen LogP contribution < -0.4 is 10.2 Å². The maximum absolute atomic E-state index is 13.7. The van der Waals surface area contributed by atoms with Crippen molar-refractivity contribution in [2.75, 3.05) is 25.0 Å². The maximum atomic E-state index is 13.7. The zero-order valence-corrected chi connectivity index (χ0v) is 16.8. The van der Waals surface area contributed by atoms with Crippen molar-refractivity contribution in [1.82, 2.24) is 15.1 Å². The van der Waals surface area contributed by atoms with Gasteiger partial charge in [0.2, 0.25) is 0 Å². The molecule has 0 radical (unpaired) electrons. The molecule has 0 unspecified atom stereocenters. The maximum Gasteiger partial charge on any atom is 0.434 e. The molecule has 5 nitrogen and oxygen atoms in total. The Morgan fingerprint density at radius 2 is 1.77 bits per heavy atom. The van der Waals surface area contributed by atoms with E-state index in [0.717, 1.165) is 22.1 Å². The second-order valence-electron chi connectivity index (χ2n) is 7.02. The highest BCUT2D eigenvalue weighted by Crippen LogP contribution is 2.33. The van der Waals surface area contributed by atoms with Gasteiger partial charge in [0, 0.05) is 25.8 Å². The predicted octanol–water partition coefficient (Wildman–Crippen LogP) is 4.46. The molecule has 0 atom stereocenters. The van der Waals surface area contributed by atoms with E-state index in [2.05, 4.69) is 10.4 Å². The number of alkyl halides is 3. The van der Waals surface area contributed by atoms with Gasteiger partial charge >= 0.3 is 6.18 Å². The van der Waals surface area contributed by atoms with Crippen LogP contribution in [0.4, 0.5) is 18.9 Å². The number of rotatable bonds is 7. The minimum atomic E-state index is -4.72.